The molecule has 0 saturated carbocycles. The van der Waals surface area contributed by atoms with Gasteiger partial charge in [0.05, 0.1) is 0 Å². The van der Waals surface area contributed by atoms with E-state index in [9.17, 15) is 4.79 Å². The Morgan fingerprint density at radius 3 is 1.96 bits per heavy atom. The number of fused-ring (bicyclic) bond motifs is 1. The van der Waals surface area contributed by atoms with Crippen molar-refractivity contribution in [3.05, 3.63) is 70.3 Å². The molecule has 0 aliphatic heterocycles. The van der Waals surface area contributed by atoms with E-state index in [1.165, 1.54) is 35.1 Å². The van der Waals surface area contributed by atoms with Crippen LogP contribution in [0.2, 0.25) is 0 Å². The van der Waals surface area contributed by atoms with Crippen LogP contribution in [-0.4, -0.2) is 6.29 Å². The number of aryl methyl sites for hydroxylation is 2. The predicted molar refractivity (Wildman–Crippen MR) is 101 cm³/mol. The molecule has 0 heterocycles. The highest BCUT2D eigenvalue weighted by atomic mass is 16.1. The standard InChI is InChI=1S/C23H28O/c1-22(2)13-14-23(3,4)21-15-18(11-12-20(21)22)8-5-17-6-9-19(16-24)10-7-17/h6-7,9-12,15-16H,5,8,13-14H2,1-4H3. The Bertz CT molecular complexity index is 735. The Labute approximate surface area is 146 Å². The van der Waals surface area contributed by atoms with Crippen molar-refractivity contribution in [2.75, 3.05) is 0 Å². The maximum absolute atomic E-state index is 10.7. The van der Waals surface area contributed by atoms with Gasteiger partial charge >= 0.3 is 0 Å². The molecular weight excluding hydrogens is 292 g/mol. The summed E-state index contributed by atoms with van der Waals surface area (Å²) in [5, 5.41) is 0. The zero-order chi connectivity index (χ0) is 17.4. The molecule has 2 aromatic carbocycles. The number of benzene rings is 2. The molecule has 1 aliphatic rings. The van der Waals surface area contributed by atoms with E-state index in [0.717, 1.165) is 24.7 Å². The first-order valence-electron chi connectivity index (χ1n) is 9.00. The van der Waals surface area contributed by atoms with Crippen molar-refractivity contribution in [3.8, 4) is 0 Å². The fourth-order valence-electron chi connectivity index (χ4n) is 3.84. The fraction of sp³-hybridized carbons (Fsp3) is 0.435. The van der Waals surface area contributed by atoms with Crippen molar-refractivity contribution in [3.63, 3.8) is 0 Å². The zero-order valence-electron chi connectivity index (χ0n) is 15.4. The lowest BCUT2D eigenvalue weighted by Gasteiger charge is -2.42. The summed E-state index contributed by atoms with van der Waals surface area (Å²) in [4.78, 5) is 10.7. The van der Waals surface area contributed by atoms with Crippen molar-refractivity contribution in [2.45, 2.75) is 64.2 Å². The highest BCUT2D eigenvalue weighted by molar-refractivity contribution is 5.74. The Balaban J connectivity index is 1.81. The van der Waals surface area contributed by atoms with Crippen LogP contribution in [0.4, 0.5) is 0 Å². The largest absolute Gasteiger partial charge is 0.298 e. The van der Waals surface area contributed by atoms with Gasteiger partial charge in [-0.05, 0) is 58.8 Å². The summed E-state index contributed by atoms with van der Waals surface area (Å²) in [6, 6.07) is 15.0. The summed E-state index contributed by atoms with van der Waals surface area (Å²) in [7, 11) is 0. The first-order chi connectivity index (χ1) is 11.3. The zero-order valence-corrected chi connectivity index (χ0v) is 15.4. The third-order valence-corrected chi connectivity index (χ3v) is 5.74. The fourth-order valence-corrected chi connectivity index (χ4v) is 3.84. The van der Waals surface area contributed by atoms with Gasteiger partial charge in [0.1, 0.15) is 6.29 Å². The van der Waals surface area contributed by atoms with Gasteiger partial charge in [-0.1, -0.05) is 70.2 Å². The molecule has 1 aliphatic carbocycles. The van der Waals surface area contributed by atoms with Crippen molar-refractivity contribution in [1.82, 2.24) is 0 Å². The maximum atomic E-state index is 10.7. The first-order valence-corrected chi connectivity index (χ1v) is 9.00. The van der Waals surface area contributed by atoms with Crippen molar-refractivity contribution in [2.24, 2.45) is 0 Å². The number of carbonyl (C=O) groups excluding carboxylic acids is 1. The summed E-state index contributed by atoms with van der Waals surface area (Å²) in [6.45, 7) is 9.50. The summed E-state index contributed by atoms with van der Waals surface area (Å²) in [6.07, 6.45) is 5.47. The molecule has 0 radical (unpaired) electrons. The lowest BCUT2D eigenvalue weighted by atomic mass is 9.63. The molecular formula is C23H28O. The lowest BCUT2D eigenvalue weighted by Crippen LogP contribution is -2.33. The van der Waals surface area contributed by atoms with Crippen LogP contribution in [-0.2, 0) is 23.7 Å². The molecule has 0 unspecified atom stereocenters. The molecule has 0 amide bonds. The molecule has 24 heavy (non-hydrogen) atoms. The highest BCUT2D eigenvalue weighted by Gasteiger charge is 2.36. The second kappa shape index (κ2) is 6.20. The van der Waals surface area contributed by atoms with Crippen LogP contribution in [0.5, 0.6) is 0 Å². The van der Waals surface area contributed by atoms with Crippen LogP contribution in [0.15, 0.2) is 42.5 Å². The van der Waals surface area contributed by atoms with Gasteiger partial charge in [-0.25, -0.2) is 0 Å². The third kappa shape index (κ3) is 3.31. The van der Waals surface area contributed by atoms with Crippen molar-refractivity contribution < 1.29 is 4.79 Å². The molecule has 126 valence electrons. The maximum Gasteiger partial charge on any atom is 0.150 e. The van der Waals surface area contributed by atoms with Gasteiger partial charge in [0, 0.05) is 5.56 Å². The molecule has 0 saturated heterocycles. The average molecular weight is 320 g/mol. The van der Waals surface area contributed by atoms with Crippen LogP contribution in [0.3, 0.4) is 0 Å². The number of rotatable bonds is 4. The number of aldehydes is 1. The predicted octanol–water partition coefficient (Wildman–Crippen LogP) is 5.63. The van der Waals surface area contributed by atoms with Crippen LogP contribution in [0.1, 0.15) is 73.1 Å². The smallest absolute Gasteiger partial charge is 0.150 e. The molecule has 2 aromatic rings. The highest BCUT2D eigenvalue weighted by Crippen LogP contribution is 2.45. The molecule has 0 N–H and O–H groups in total. The van der Waals surface area contributed by atoms with Crippen LogP contribution in [0.25, 0.3) is 0 Å². The quantitative estimate of drug-likeness (QED) is 0.667. The van der Waals surface area contributed by atoms with E-state index >= 15 is 0 Å². The van der Waals surface area contributed by atoms with Crippen LogP contribution >= 0.6 is 0 Å². The normalized spacial score (nSPS) is 18.0. The Kier molecular flexibility index (Phi) is 4.38. The molecule has 0 bridgehead atoms. The van der Waals surface area contributed by atoms with E-state index in [2.05, 4.69) is 58.0 Å². The van der Waals surface area contributed by atoms with E-state index in [-0.39, 0.29) is 10.8 Å². The summed E-state index contributed by atoms with van der Waals surface area (Å²) in [5.74, 6) is 0. The van der Waals surface area contributed by atoms with Gasteiger partial charge in [-0.15, -0.1) is 0 Å². The van der Waals surface area contributed by atoms with Crippen molar-refractivity contribution >= 4 is 6.29 Å². The number of hydrogen-bond acceptors (Lipinski definition) is 1. The van der Waals surface area contributed by atoms with Gasteiger partial charge in [0.25, 0.3) is 0 Å². The van der Waals surface area contributed by atoms with E-state index in [1.54, 1.807) is 0 Å². The average Bonchev–Trinajstić information content (AvgIpc) is 2.58. The SMILES string of the molecule is CC1(C)CCC(C)(C)c2cc(CCc3ccc(C=O)cc3)ccc21. The Morgan fingerprint density at radius 2 is 1.33 bits per heavy atom. The second-order valence-electron chi connectivity index (χ2n) is 8.51. The molecule has 0 spiro atoms. The van der Waals surface area contributed by atoms with Gasteiger partial charge in [0.15, 0.2) is 0 Å². The van der Waals surface area contributed by atoms with Gasteiger partial charge in [0.2, 0.25) is 0 Å². The molecule has 1 nitrogen and oxygen atoms in total. The van der Waals surface area contributed by atoms with Gasteiger partial charge in [-0.2, -0.15) is 0 Å². The third-order valence-electron chi connectivity index (χ3n) is 5.74. The molecule has 0 fully saturated rings. The molecule has 1 heteroatoms. The van der Waals surface area contributed by atoms with Crippen molar-refractivity contribution in [1.29, 1.82) is 0 Å². The van der Waals surface area contributed by atoms with E-state index in [1.807, 2.05) is 12.1 Å². The van der Waals surface area contributed by atoms with E-state index < -0.39 is 0 Å². The topological polar surface area (TPSA) is 17.1 Å². The van der Waals surface area contributed by atoms with E-state index in [0.29, 0.717) is 0 Å². The minimum atomic E-state index is 0.270. The van der Waals surface area contributed by atoms with E-state index in [4.69, 9.17) is 0 Å². The van der Waals surface area contributed by atoms with Crippen LogP contribution < -0.4 is 0 Å². The Hall–Kier alpha value is -1.89. The second-order valence-corrected chi connectivity index (χ2v) is 8.51. The first kappa shape index (κ1) is 17.0. The summed E-state index contributed by atoms with van der Waals surface area (Å²) < 4.78 is 0. The number of hydrogen-bond donors (Lipinski definition) is 0. The molecule has 0 aromatic heterocycles. The van der Waals surface area contributed by atoms with Crippen LogP contribution in [0, 0.1) is 0 Å². The Morgan fingerprint density at radius 1 is 0.792 bits per heavy atom. The molecule has 3 rings (SSSR count). The summed E-state index contributed by atoms with van der Waals surface area (Å²) in [5.41, 5.74) is 7.07. The molecule has 0 atom stereocenters. The van der Waals surface area contributed by atoms with Gasteiger partial charge in [-0.3, -0.25) is 4.79 Å². The number of carbonyl (C=O) groups is 1. The monoisotopic (exact) mass is 320 g/mol. The summed E-state index contributed by atoms with van der Waals surface area (Å²) >= 11 is 0. The minimum absolute atomic E-state index is 0.270. The van der Waals surface area contributed by atoms with Gasteiger partial charge < -0.3 is 0 Å². The minimum Gasteiger partial charge on any atom is -0.298 e. The lowest BCUT2D eigenvalue weighted by molar-refractivity contribution is 0.112.